The van der Waals surface area contributed by atoms with Crippen LogP contribution in [-0.4, -0.2) is 76.2 Å². The molecular formula is C99H118O16. The molecule has 8 aromatic rings. The second kappa shape index (κ2) is 46.6. The van der Waals surface area contributed by atoms with Crippen molar-refractivity contribution in [2.24, 2.45) is 21.7 Å². The topological polar surface area (TPSA) is 210 Å². The molecule has 0 radical (unpaired) electrons. The van der Waals surface area contributed by atoms with Crippen molar-refractivity contribution in [1.82, 2.24) is 0 Å². The van der Waals surface area contributed by atoms with Gasteiger partial charge in [0.05, 0.1) is 50.1 Å². The first-order valence-electron chi connectivity index (χ1n) is 39.0. The second-order valence-electron chi connectivity index (χ2n) is 31.7. The molecule has 0 aliphatic carbocycles. The van der Waals surface area contributed by atoms with Gasteiger partial charge in [0, 0.05) is 24.3 Å². The highest BCUT2D eigenvalue weighted by atomic mass is 16.6. The lowest BCUT2D eigenvalue weighted by Gasteiger charge is -2.23. The normalized spacial score (nSPS) is 12.6. The molecule has 16 heteroatoms. The van der Waals surface area contributed by atoms with E-state index >= 15 is 0 Å². The average Bonchev–Trinajstić information content (AvgIpc) is 0.875. The summed E-state index contributed by atoms with van der Waals surface area (Å²) in [6, 6.07) is 63.4. The predicted molar refractivity (Wildman–Crippen MR) is 458 cm³/mol. The molecule has 16 nitrogen and oxygen atoms in total. The van der Waals surface area contributed by atoms with Crippen LogP contribution in [0.15, 0.2) is 224 Å². The van der Waals surface area contributed by atoms with E-state index in [2.05, 4.69) is 27.7 Å². The van der Waals surface area contributed by atoms with Crippen LogP contribution in [0, 0.1) is 42.4 Å². The van der Waals surface area contributed by atoms with Crippen LogP contribution in [0.2, 0.25) is 0 Å². The van der Waals surface area contributed by atoms with E-state index in [1.807, 2.05) is 228 Å². The number of carbonyl (C=O) groups is 8. The van der Waals surface area contributed by atoms with Crippen molar-refractivity contribution in [3.8, 4) is 23.0 Å². The van der Waals surface area contributed by atoms with E-state index in [1.54, 1.807) is 72.8 Å². The van der Waals surface area contributed by atoms with E-state index in [1.165, 1.54) is 69.4 Å². The number of aryl methyl sites for hydroxylation is 3. The molecule has 115 heavy (non-hydrogen) atoms. The Morgan fingerprint density at radius 2 is 0.452 bits per heavy atom. The van der Waals surface area contributed by atoms with Crippen molar-refractivity contribution in [1.29, 1.82) is 0 Å². The third kappa shape index (κ3) is 34.0. The Kier molecular flexibility index (Phi) is 38.1. The number of hydrogen-bond acceptors (Lipinski definition) is 16. The van der Waals surface area contributed by atoms with Crippen molar-refractivity contribution in [3.05, 3.63) is 286 Å². The molecule has 0 saturated carbocycles. The van der Waals surface area contributed by atoms with E-state index in [-0.39, 0.29) is 47.5 Å². The van der Waals surface area contributed by atoms with E-state index in [9.17, 15) is 38.4 Å². The minimum absolute atomic E-state index is 0.189. The lowest BCUT2D eigenvalue weighted by molar-refractivity contribution is -0.151. The van der Waals surface area contributed by atoms with Gasteiger partial charge in [-0.15, -0.1) is 0 Å². The van der Waals surface area contributed by atoms with Gasteiger partial charge in [0.2, 0.25) is 0 Å². The summed E-state index contributed by atoms with van der Waals surface area (Å²) in [5.41, 5.74) is 9.88. The SMILES string of the molecule is COC(=O)C(C)(C)CCC(C)c1ccc(OC(=O)/C=C/c2ccc(C)cc2)cc1.COC(=O)C(C)(C)CCC(C)c1ccc(OC(=O)/C=C/c2ccc(C)cc2)cc1.COC(=O)C(C)(C)CCC(C)c1ccc(OC(=O)/C=C/c2ccc(C)cc2)cc1.COC(=O)C(C)(C)CCC(C)c1ccc(OC(=O)/C=C/c2ccccc2)cc1. The van der Waals surface area contributed by atoms with Crippen LogP contribution in [0.25, 0.3) is 24.3 Å². The van der Waals surface area contributed by atoms with Crippen LogP contribution in [0.3, 0.4) is 0 Å². The van der Waals surface area contributed by atoms with Gasteiger partial charge >= 0.3 is 47.8 Å². The van der Waals surface area contributed by atoms with Crippen LogP contribution in [0.5, 0.6) is 23.0 Å². The molecular weight excluding hydrogens is 1450 g/mol. The van der Waals surface area contributed by atoms with E-state index in [4.69, 9.17) is 37.9 Å². The fraction of sp³-hybridized carbons (Fsp3) is 0.354. The Hall–Kier alpha value is -11.5. The Labute approximate surface area is 682 Å². The summed E-state index contributed by atoms with van der Waals surface area (Å²) in [7, 11) is 5.68. The molecule has 0 heterocycles. The summed E-state index contributed by atoms with van der Waals surface area (Å²) in [6.07, 6.45) is 19.0. The van der Waals surface area contributed by atoms with Crippen LogP contribution in [0.1, 0.15) is 219 Å². The van der Waals surface area contributed by atoms with Gasteiger partial charge in [0.15, 0.2) is 0 Å². The molecule has 0 aliphatic rings. The number of ether oxygens (including phenoxy) is 8. The highest BCUT2D eigenvalue weighted by molar-refractivity contribution is 5.91. The highest BCUT2D eigenvalue weighted by Gasteiger charge is 2.32. The zero-order valence-corrected chi connectivity index (χ0v) is 70.7. The predicted octanol–water partition coefficient (Wildman–Crippen LogP) is 22.5. The highest BCUT2D eigenvalue weighted by Crippen LogP contribution is 2.36. The molecule has 0 aromatic heterocycles. The monoisotopic (exact) mass is 1560 g/mol. The van der Waals surface area contributed by atoms with Crippen LogP contribution >= 0.6 is 0 Å². The maximum Gasteiger partial charge on any atom is 0.336 e. The lowest BCUT2D eigenvalue weighted by Crippen LogP contribution is -2.25. The quantitative estimate of drug-likeness (QED) is 0.0166. The first kappa shape index (κ1) is 94.1. The summed E-state index contributed by atoms with van der Waals surface area (Å²) in [4.78, 5) is 95.3. The third-order valence-electron chi connectivity index (χ3n) is 20.1. The standard InChI is InChI=1S/3C25H30O4.C24H28O4/c3*1-18-6-8-20(9-7-18)10-15-23(26)29-22-13-11-21(12-14-22)19(2)16-17-25(3,4)24(27)28-5;1-18(16-17-24(2,3)23(26)27-4)20-11-13-21(14-12-20)28-22(25)15-10-19-8-6-5-7-9-19/h3*6-15,19H,16-17H2,1-5H3;5-15,18H,16-17H2,1-4H3/b4*15-10+. The van der Waals surface area contributed by atoms with Crippen LogP contribution in [-0.2, 0) is 57.3 Å². The van der Waals surface area contributed by atoms with Crippen LogP contribution < -0.4 is 18.9 Å². The van der Waals surface area contributed by atoms with Gasteiger partial charge in [0.1, 0.15) is 23.0 Å². The molecule has 0 spiro atoms. The average molecular weight is 1560 g/mol. The van der Waals surface area contributed by atoms with Crippen molar-refractivity contribution in [3.63, 3.8) is 0 Å². The first-order chi connectivity index (χ1) is 54.4. The van der Waals surface area contributed by atoms with Gasteiger partial charge < -0.3 is 37.9 Å². The molecule has 0 saturated heterocycles. The molecule has 4 atom stereocenters. The smallest absolute Gasteiger partial charge is 0.336 e. The minimum Gasteiger partial charge on any atom is -0.469 e. The van der Waals surface area contributed by atoms with Crippen molar-refractivity contribution < 1.29 is 76.3 Å². The Balaban J connectivity index is 0.000000274. The first-order valence-corrected chi connectivity index (χ1v) is 39.0. The zero-order chi connectivity index (χ0) is 84.9. The molecule has 610 valence electrons. The fourth-order valence-corrected chi connectivity index (χ4v) is 11.8. The Bertz CT molecular complexity index is 4150. The number of carbonyl (C=O) groups excluding carboxylic acids is 8. The molecule has 0 fully saturated rings. The third-order valence-corrected chi connectivity index (χ3v) is 20.1. The van der Waals surface area contributed by atoms with Crippen LogP contribution in [0.4, 0.5) is 0 Å². The lowest BCUT2D eigenvalue weighted by atomic mass is 9.83. The molecule has 8 aromatic carbocycles. The zero-order valence-electron chi connectivity index (χ0n) is 70.7. The second-order valence-corrected chi connectivity index (χ2v) is 31.7. The van der Waals surface area contributed by atoms with E-state index < -0.39 is 45.5 Å². The van der Waals surface area contributed by atoms with Gasteiger partial charge in [-0.05, 0) is 269 Å². The number of methoxy groups -OCH3 is 4. The fourth-order valence-electron chi connectivity index (χ4n) is 11.8. The van der Waals surface area contributed by atoms with Crippen molar-refractivity contribution >= 4 is 72.1 Å². The van der Waals surface area contributed by atoms with E-state index in [0.29, 0.717) is 23.0 Å². The number of hydrogen-bond donors (Lipinski definition) is 0. The molecule has 0 aliphatic heterocycles. The summed E-state index contributed by atoms with van der Waals surface area (Å²) in [5.74, 6) is 0.763. The van der Waals surface area contributed by atoms with Gasteiger partial charge in [-0.3, -0.25) is 19.2 Å². The maximum atomic E-state index is 12.0. The Morgan fingerprint density at radius 3 is 0.635 bits per heavy atom. The largest absolute Gasteiger partial charge is 0.469 e. The maximum absolute atomic E-state index is 12.0. The van der Waals surface area contributed by atoms with Crippen molar-refractivity contribution in [2.45, 2.75) is 179 Å². The summed E-state index contributed by atoms with van der Waals surface area (Å²) in [6.45, 7) is 29.8. The molecule has 4 unspecified atom stereocenters. The summed E-state index contributed by atoms with van der Waals surface area (Å²) < 4.78 is 40.9. The van der Waals surface area contributed by atoms with Gasteiger partial charge in [0.25, 0.3) is 0 Å². The van der Waals surface area contributed by atoms with Gasteiger partial charge in [-0.2, -0.15) is 0 Å². The Morgan fingerprint density at radius 1 is 0.270 bits per heavy atom. The molecule has 0 bridgehead atoms. The summed E-state index contributed by atoms with van der Waals surface area (Å²) in [5, 5.41) is 0. The number of esters is 8. The number of rotatable bonds is 32. The molecule has 0 N–H and O–H groups in total. The molecule has 8 rings (SSSR count). The van der Waals surface area contributed by atoms with E-state index in [0.717, 1.165) is 95.9 Å². The minimum atomic E-state index is -0.498. The van der Waals surface area contributed by atoms with Gasteiger partial charge in [-0.25, -0.2) is 19.2 Å². The molecule has 0 amide bonds. The summed E-state index contributed by atoms with van der Waals surface area (Å²) >= 11 is 0. The van der Waals surface area contributed by atoms with Gasteiger partial charge in [-0.1, -0.05) is 196 Å². The van der Waals surface area contributed by atoms with Crippen molar-refractivity contribution in [2.75, 3.05) is 28.4 Å². The number of benzene rings is 8.